The molecule has 6 heteroatoms. The standard InChI is InChI=1S/C21H23NO5/c1-4-26-21(25)18-12(2)22-16-6-5-7-17(24)20(16)19(18)14-8-10-15(11-9-14)27-13(3)23/h8-11,18-19H,4-7H2,1-3H3/t18?,19-/m0/s1. The highest BCUT2D eigenvalue weighted by atomic mass is 16.5. The van der Waals surface area contributed by atoms with E-state index < -0.39 is 17.8 Å². The number of benzene rings is 1. The number of Topliss-reactive ketones (excluding diaryl/α,β-unsaturated/α-hetero) is 1. The van der Waals surface area contributed by atoms with E-state index in [4.69, 9.17) is 9.47 Å². The summed E-state index contributed by atoms with van der Waals surface area (Å²) >= 11 is 0. The molecule has 1 aromatic rings. The van der Waals surface area contributed by atoms with Gasteiger partial charge in [-0.3, -0.25) is 19.4 Å². The lowest BCUT2D eigenvalue weighted by Gasteiger charge is -2.34. The third-order valence-electron chi connectivity index (χ3n) is 4.88. The number of carbonyl (C=O) groups excluding carboxylic acids is 3. The molecule has 0 N–H and O–H groups in total. The van der Waals surface area contributed by atoms with Crippen molar-refractivity contribution in [2.75, 3.05) is 6.61 Å². The van der Waals surface area contributed by atoms with Gasteiger partial charge in [0, 0.05) is 36.2 Å². The van der Waals surface area contributed by atoms with Gasteiger partial charge in [0.25, 0.3) is 0 Å². The molecular formula is C21H23NO5. The summed E-state index contributed by atoms with van der Waals surface area (Å²) in [6, 6.07) is 6.93. The number of ketones is 1. The highest BCUT2D eigenvalue weighted by Crippen LogP contribution is 2.43. The van der Waals surface area contributed by atoms with Crippen LogP contribution in [-0.4, -0.2) is 30.0 Å². The summed E-state index contributed by atoms with van der Waals surface area (Å²) in [5.74, 6) is -1.39. The van der Waals surface area contributed by atoms with Crippen LogP contribution in [0.3, 0.4) is 0 Å². The Labute approximate surface area is 158 Å². The monoisotopic (exact) mass is 369 g/mol. The minimum absolute atomic E-state index is 0.0378. The molecule has 1 unspecified atom stereocenters. The zero-order chi connectivity index (χ0) is 19.6. The summed E-state index contributed by atoms with van der Waals surface area (Å²) in [4.78, 5) is 41.1. The summed E-state index contributed by atoms with van der Waals surface area (Å²) in [5, 5.41) is 0. The predicted octanol–water partition coefficient (Wildman–Crippen LogP) is 3.36. The number of carbonyl (C=O) groups is 3. The average Bonchev–Trinajstić information content (AvgIpc) is 2.61. The van der Waals surface area contributed by atoms with Crippen LogP contribution in [0.4, 0.5) is 0 Å². The van der Waals surface area contributed by atoms with Crippen LogP contribution in [-0.2, 0) is 19.1 Å². The molecule has 0 saturated carbocycles. The molecule has 1 aliphatic carbocycles. The van der Waals surface area contributed by atoms with Crippen molar-refractivity contribution in [2.45, 2.75) is 46.0 Å². The number of nitrogens with zero attached hydrogens (tertiary/aromatic N) is 1. The maximum atomic E-state index is 12.7. The second-order valence-corrected chi connectivity index (χ2v) is 6.76. The molecule has 0 bridgehead atoms. The Morgan fingerprint density at radius 3 is 2.52 bits per heavy atom. The van der Waals surface area contributed by atoms with Crippen molar-refractivity contribution in [1.82, 2.24) is 0 Å². The molecular weight excluding hydrogens is 346 g/mol. The molecule has 0 amide bonds. The lowest BCUT2D eigenvalue weighted by atomic mass is 9.72. The second-order valence-electron chi connectivity index (χ2n) is 6.76. The topological polar surface area (TPSA) is 82.0 Å². The predicted molar refractivity (Wildman–Crippen MR) is 99.6 cm³/mol. The summed E-state index contributed by atoms with van der Waals surface area (Å²) in [7, 11) is 0. The Morgan fingerprint density at radius 2 is 1.89 bits per heavy atom. The first-order valence-corrected chi connectivity index (χ1v) is 9.18. The molecule has 2 aliphatic rings. The van der Waals surface area contributed by atoms with Crippen molar-refractivity contribution >= 4 is 23.4 Å². The number of rotatable bonds is 4. The molecule has 1 aliphatic heterocycles. The van der Waals surface area contributed by atoms with Crippen LogP contribution in [0.1, 0.15) is 51.5 Å². The molecule has 0 radical (unpaired) electrons. The maximum absolute atomic E-state index is 12.7. The number of aliphatic imine (C=N–C) groups is 1. The highest BCUT2D eigenvalue weighted by Gasteiger charge is 2.43. The Hall–Kier alpha value is -2.76. The van der Waals surface area contributed by atoms with Gasteiger partial charge in [0.15, 0.2) is 5.78 Å². The molecule has 6 nitrogen and oxygen atoms in total. The van der Waals surface area contributed by atoms with Gasteiger partial charge in [0.1, 0.15) is 11.7 Å². The number of hydrogen-bond acceptors (Lipinski definition) is 6. The fourth-order valence-corrected chi connectivity index (χ4v) is 3.81. The van der Waals surface area contributed by atoms with E-state index in [-0.39, 0.29) is 18.4 Å². The van der Waals surface area contributed by atoms with E-state index in [0.29, 0.717) is 23.5 Å². The number of allylic oxidation sites excluding steroid dienone is 2. The fraction of sp³-hybridized carbons (Fsp3) is 0.429. The molecule has 3 rings (SSSR count). The minimum atomic E-state index is -0.634. The molecule has 0 aromatic heterocycles. The fourth-order valence-electron chi connectivity index (χ4n) is 3.81. The van der Waals surface area contributed by atoms with Gasteiger partial charge >= 0.3 is 11.9 Å². The van der Waals surface area contributed by atoms with Crippen molar-refractivity contribution in [2.24, 2.45) is 10.9 Å². The zero-order valence-electron chi connectivity index (χ0n) is 15.8. The van der Waals surface area contributed by atoms with Gasteiger partial charge in [-0.25, -0.2) is 0 Å². The lowest BCUT2D eigenvalue weighted by Crippen LogP contribution is -2.37. The molecule has 0 saturated heterocycles. The van der Waals surface area contributed by atoms with E-state index in [9.17, 15) is 14.4 Å². The molecule has 2 atom stereocenters. The van der Waals surface area contributed by atoms with E-state index >= 15 is 0 Å². The van der Waals surface area contributed by atoms with E-state index in [1.165, 1.54) is 6.92 Å². The third kappa shape index (κ3) is 3.84. The van der Waals surface area contributed by atoms with Crippen LogP contribution < -0.4 is 4.74 Å². The van der Waals surface area contributed by atoms with Gasteiger partial charge in [-0.2, -0.15) is 0 Å². The molecule has 0 fully saturated rings. The van der Waals surface area contributed by atoms with E-state index in [2.05, 4.69) is 4.99 Å². The first kappa shape index (κ1) is 19.0. The van der Waals surface area contributed by atoms with Crippen molar-refractivity contribution in [1.29, 1.82) is 0 Å². The van der Waals surface area contributed by atoms with Crippen LogP contribution in [0, 0.1) is 5.92 Å². The third-order valence-corrected chi connectivity index (χ3v) is 4.88. The normalized spacial score (nSPS) is 22.0. The quantitative estimate of drug-likeness (QED) is 0.600. The Kier molecular flexibility index (Phi) is 5.54. The zero-order valence-corrected chi connectivity index (χ0v) is 15.8. The largest absolute Gasteiger partial charge is 0.465 e. The van der Waals surface area contributed by atoms with Crippen LogP contribution in [0.5, 0.6) is 5.75 Å². The van der Waals surface area contributed by atoms with E-state index in [0.717, 1.165) is 24.1 Å². The van der Waals surface area contributed by atoms with Crippen LogP contribution in [0.15, 0.2) is 40.5 Å². The molecule has 1 aromatic carbocycles. The van der Waals surface area contributed by atoms with Crippen molar-refractivity contribution in [3.63, 3.8) is 0 Å². The molecule has 1 heterocycles. The summed E-state index contributed by atoms with van der Waals surface area (Å²) in [6.45, 7) is 5.17. The van der Waals surface area contributed by atoms with Crippen molar-refractivity contribution in [3.8, 4) is 5.75 Å². The molecule has 27 heavy (non-hydrogen) atoms. The summed E-state index contributed by atoms with van der Waals surface area (Å²) in [6.07, 6.45) is 1.97. The number of esters is 2. The SMILES string of the molecule is CCOC(=O)C1C(C)=NC2=C(C(=O)CCC2)[C@H]1c1ccc(OC(C)=O)cc1. The first-order valence-electron chi connectivity index (χ1n) is 9.18. The van der Waals surface area contributed by atoms with Gasteiger partial charge < -0.3 is 9.47 Å². The average molecular weight is 369 g/mol. The van der Waals surface area contributed by atoms with Crippen LogP contribution in [0.2, 0.25) is 0 Å². The smallest absolute Gasteiger partial charge is 0.315 e. The molecule has 0 spiro atoms. The van der Waals surface area contributed by atoms with Gasteiger partial charge in [-0.15, -0.1) is 0 Å². The molecule has 142 valence electrons. The van der Waals surface area contributed by atoms with Gasteiger partial charge in [0.05, 0.1) is 6.61 Å². The van der Waals surface area contributed by atoms with Gasteiger partial charge in [-0.05, 0) is 44.4 Å². The minimum Gasteiger partial charge on any atom is -0.465 e. The Balaban J connectivity index is 2.06. The van der Waals surface area contributed by atoms with Crippen molar-refractivity contribution in [3.05, 3.63) is 41.1 Å². The van der Waals surface area contributed by atoms with Crippen LogP contribution in [0.25, 0.3) is 0 Å². The van der Waals surface area contributed by atoms with Crippen molar-refractivity contribution < 1.29 is 23.9 Å². The van der Waals surface area contributed by atoms with E-state index in [1.54, 1.807) is 31.2 Å². The Bertz CT molecular complexity index is 835. The van der Waals surface area contributed by atoms with Gasteiger partial charge in [-0.1, -0.05) is 12.1 Å². The highest BCUT2D eigenvalue weighted by molar-refractivity contribution is 6.08. The summed E-state index contributed by atoms with van der Waals surface area (Å²) in [5.41, 5.74) is 2.86. The second kappa shape index (κ2) is 7.86. The summed E-state index contributed by atoms with van der Waals surface area (Å²) < 4.78 is 10.4. The first-order chi connectivity index (χ1) is 12.9. The van der Waals surface area contributed by atoms with Gasteiger partial charge in [0.2, 0.25) is 0 Å². The number of ether oxygens (including phenoxy) is 2. The number of hydrogen-bond donors (Lipinski definition) is 0. The lowest BCUT2D eigenvalue weighted by molar-refractivity contribution is -0.146. The van der Waals surface area contributed by atoms with E-state index in [1.807, 2.05) is 6.92 Å². The maximum Gasteiger partial charge on any atom is 0.315 e. The van der Waals surface area contributed by atoms with Crippen LogP contribution >= 0.6 is 0 Å². The Morgan fingerprint density at radius 1 is 1.19 bits per heavy atom.